The van der Waals surface area contributed by atoms with Crippen molar-refractivity contribution < 1.29 is 18.3 Å². The second-order valence-electron chi connectivity index (χ2n) is 3.93. The molecule has 0 unspecified atom stereocenters. The zero-order chi connectivity index (χ0) is 15.6. The fourth-order valence-electron chi connectivity index (χ4n) is 1.48. The highest BCUT2D eigenvalue weighted by molar-refractivity contribution is 9.10. The van der Waals surface area contributed by atoms with Crippen molar-refractivity contribution in [1.82, 2.24) is 34.7 Å². The normalized spacial score (nSPS) is 11.7. The Morgan fingerprint density at radius 2 is 2.14 bits per heavy atom. The lowest BCUT2D eigenvalue weighted by Crippen LogP contribution is -2.26. The van der Waals surface area contributed by atoms with Gasteiger partial charge < -0.3 is 5.11 Å². The Kier molecular flexibility index (Phi) is 4.34. The van der Waals surface area contributed by atoms with E-state index in [4.69, 9.17) is 5.11 Å². The fourth-order valence-corrected chi connectivity index (χ4v) is 3.57. The number of halogens is 1. The predicted molar refractivity (Wildman–Crippen MR) is 70.4 cm³/mol. The largest absolute Gasteiger partial charge is 0.480 e. The van der Waals surface area contributed by atoms with E-state index in [1.54, 1.807) is 0 Å². The third kappa shape index (κ3) is 3.62. The number of carboxylic acids is 1. The molecule has 0 radical (unpaired) electrons. The molecule has 114 valence electrons. The molecule has 0 amide bonds. The van der Waals surface area contributed by atoms with Crippen LogP contribution in [0, 0.1) is 0 Å². The van der Waals surface area contributed by atoms with Gasteiger partial charge in [-0.15, -0.1) is 10.2 Å². The van der Waals surface area contributed by atoms with E-state index in [1.165, 1.54) is 13.2 Å². The van der Waals surface area contributed by atoms with Gasteiger partial charge in [-0.05, 0) is 15.9 Å². The van der Waals surface area contributed by atoms with Crippen LogP contribution >= 0.6 is 15.9 Å². The third-order valence-corrected chi connectivity index (χ3v) is 4.61. The quantitative estimate of drug-likeness (QED) is 0.631. The van der Waals surface area contributed by atoms with Crippen molar-refractivity contribution in [2.75, 3.05) is 0 Å². The maximum atomic E-state index is 12.1. The van der Waals surface area contributed by atoms with E-state index in [2.05, 4.69) is 41.3 Å². The van der Waals surface area contributed by atoms with Crippen LogP contribution in [-0.4, -0.2) is 49.5 Å². The molecule has 0 saturated heterocycles. The number of hydrogen-bond acceptors (Lipinski definition) is 7. The van der Waals surface area contributed by atoms with Crippen LogP contribution in [0.25, 0.3) is 0 Å². The van der Waals surface area contributed by atoms with Crippen molar-refractivity contribution in [3.63, 3.8) is 0 Å². The number of aromatic nitrogens is 6. The summed E-state index contributed by atoms with van der Waals surface area (Å²) in [7, 11) is -2.40. The van der Waals surface area contributed by atoms with E-state index in [0.717, 1.165) is 9.36 Å². The van der Waals surface area contributed by atoms with Crippen molar-refractivity contribution in [2.24, 2.45) is 7.05 Å². The van der Waals surface area contributed by atoms with Gasteiger partial charge in [-0.25, -0.2) is 22.5 Å². The Hall–Kier alpha value is -1.86. The van der Waals surface area contributed by atoms with Crippen molar-refractivity contribution in [2.45, 2.75) is 18.1 Å². The summed E-state index contributed by atoms with van der Waals surface area (Å²) in [5.41, 5.74) is 0.283. The van der Waals surface area contributed by atoms with Gasteiger partial charge in [0.15, 0.2) is 4.60 Å². The van der Waals surface area contributed by atoms with Crippen LogP contribution in [0.4, 0.5) is 0 Å². The Labute approximate surface area is 127 Å². The first-order valence-corrected chi connectivity index (χ1v) is 7.73. The van der Waals surface area contributed by atoms with Gasteiger partial charge in [0, 0.05) is 7.05 Å². The molecule has 11 nitrogen and oxygen atoms in total. The van der Waals surface area contributed by atoms with E-state index >= 15 is 0 Å². The molecule has 0 bridgehead atoms. The molecule has 2 heterocycles. The predicted octanol–water partition coefficient (Wildman–Crippen LogP) is -1.27. The SMILES string of the molecule is Cn1nnc(Br)c1S(=O)(=O)NCc1cn(CC(=O)O)nn1. The number of carboxylic acid groups (broad SMARTS) is 1. The number of rotatable bonds is 6. The second-order valence-corrected chi connectivity index (χ2v) is 6.37. The summed E-state index contributed by atoms with van der Waals surface area (Å²) in [5.74, 6) is -1.07. The molecule has 0 aliphatic rings. The average molecular weight is 380 g/mol. The van der Waals surface area contributed by atoms with Crippen LogP contribution in [-0.2, 0) is 35.0 Å². The Morgan fingerprint density at radius 3 is 2.71 bits per heavy atom. The standard InChI is InChI=1S/C8H10BrN7O4S/c1-15-8(7(9)12-13-15)21(19,20)10-2-5-3-16(14-11-5)4-6(17)18/h3,10H,2,4H2,1H3,(H,17,18). The summed E-state index contributed by atoms with van der Waals surface area (Å²) in [6.45, 7) is -0.490. The van der Waals surface area contributed by atoms with Gasteiger partial charge in [0.25, 0.3) is 10.0 Å². The molecule has 2 aromatic rings. The summed E-state index contributed by atoms with van der Waals surface area (Å²) in [6, 6.07) is 0. The minimum Gasteiger partial charge on any atom is -0.480 e. The van der Waals surface area contributed by atoms with Crippen LogP contribution in [0.1, 0.15) is 5.69 Å². The van der Waals surface area contributed by atoms with Gasteiger partial charge in [0.2, 0.25) is 5.03 Å². The molecular formula is C8H10BrN7O4S. The van der Waals surface area contributed by atoms with E-state index in [-0.39, 0.29) is 28.4 Å². The van der Waals surface area contributed by atoms with Gasteiger partial charge in [-0.2, -0.15) is 0 Å². The number of aryl methyl sites for hydroxylation is 1. The number of nitrogens with one attached hydrogen (secondary N) is 1. The van der Waals surface area contributed by atoms with Gasteiger partial charge >= 0.3 is 5.97 Å². The average Bonchev–Trinajstić information content (AvgIpc) is 2.94. The lowest BCUT2D eigenvalue weighted by atomic mass is 10.5. The third-order valence-electron chi connectivity index (χ3n) is 2.32. The molecule has 13 heteroatoms. The first-order chi connectivity index (χ1) is 9.79. The van der Waals surface area contributed by atoms with Crippen molar-refractivity contribution >= 4 is 31.9 Å². The van der Waals surface area contributed by atoms with Gasteiger partial charge in [-0.3, -0.25) is 4.79 Å². The fraction of sp³-hybridized carbons (Fsp3) is 0.375. The highest BCUT2D eigenvalue weighted by Crippen LogP contribution is 2.17. The summed E-state index contributed by atoms with van der Waals surface area (Å²) >= 11 is 3.00. The smallest absolute Gasteiger partial charge is 0.325 e. The maximum Gasteiger partial charge on any atom is 0.325 e. The van der Waals surface area contributed by atoms with Crippen LogP contribution in [0.15, 0.2) is 15.8 Å². The summed E-state index contributed by atoms with van der Waals surface area (Å²) in [4.78, 5) is 10.5. The lowest BCUT2D eigenvalue weighted by Gasteiger charge is -2.04. The van der Waals surface area contributed by atoms with Gasteiger partial charge in [0.05, 0.1) is 18.4 Å². The number of sulfonamides is 1. The molecule has 2 N–H and O–H groups in total. The molecule has 0 fully saturated rings. The lowest BCUT2D eigenvalue weighted by molar-refractivity contribution is -0.137. The topological polar surface area (TPSA) is 145 Å². The van der Waals surface area contributed by atoms with Crippen molar-refractivity contribution in [1.29, 1.82) is 0 Å². The Bertz CT molecular complexity index is 748. The molecule has 0 saturated carbocycles. The second kappa shape index (κ2) is 5.87. The number of carbonyl (C=O) groups is 1. The van der Waals surface area contributed by atoms with Crippen molar-refractivity contribution in [3.05, 3.63) is 16.5 Å². The molecule has 0 atom stereocenters. The van der Waals surface area contributed by atoms with Crippen LogP contribution in [0.2, 0.25) is 0 Å². The van der Waals surface area contributed by atoms with Crippen LogP contribution in [0.3, 0.4) is 0 Å². The monoisotopic (exact) mass is 379 g/mol. The first-order valence-electron chi connectivity index (χ1n) is 5.45. The molecule has 2 rings (SSSR count). The molecule has 0 aromatic carbocycles. The maximum absolute atomic E-state index is 12.1. The molecule has 2 aromatic heterocycles. The van der Waals surface area contributed by atoms with E-state index in [1.807, 2.05) is 0 Å². The van der Waals surface area contributed by atoms with Crippen molar-refractivity contribution in [3.8, 4) is 0 Å². The molecule has 0 spiro atoms. The number of hydrogen-bond donors (Lipinski definition) is 2. The number of nitrogens with zero attached hydrogens (tertiary/aromatic N) is 6. The van der Waals surface area contributed by atoms with E-state index in [0.29, 0.717) is 0 Å². The Balaban J connectivity index is 2.09. The van der Waals surface area contributed by atoms with Gasteiger partial charge in [-0.1, -0.05) is 10.4 Å². The minimum atomic E-state index is -3.84. The summed E-state index contributed by atoms with van der Waals surface area (Å²) < 4.78 is 28.8. The highest BCUT2D eigenvalue weighted by Gasteiger charge is 2.23. The Morgan fingerprint density at radius 1 is 1.43 bits per heavy atom. The molecule has 0 aliphatic carbocycles. The molecule has 21 heavy (non-hydrogen) atoms. The number of aliphatic carboxylic acids is 1. The molecule has 0 aliphatic heterocycles. The van der Waals surface area contributed by atoms with E-state index in [9.17, 15) is 13.2 Å². The first kappa shape index (κ1) is 15.5. The molecular weight excluding hydrogens is 370 g/mol. The summed E-state index contributed by atoms with van der Waals surface area (Å²) in [6.07, 6.45) is 1.34. The van der Waals surface area contributed by atoms with E-state index < -0.39 is 16.0 Å². The zero-order valence-electron chi connectivity index (χ0n) is 10.6. The zero-order valence-corrected chi connectivity index (χ0v) is 13.0. The van der Waals surface area contributed by atoms with Crippen LogP contribution < -0.4 is 4.72 Å². The minimum absolute atomic E-state index is 0.0898. The summed E-state index contributed by atoms with van der Waals surface area (Å²) in [5, 5.41) is 22.9. The highest BCUT2D eigenvalue weighted by atomic mass is 79.9. The van der Waals surface area contributed by atoms with Crippen LogP contribution in [0.5, 0.6) is 0 Å². The van der Waals surface area contributed by atoms with Gasteiger partial charge in [0.1, 0.15) is 6.54 Å².